The van der Waals surface area contributed by atoms with E-state index in [1.165, 1.54) is 0 Å². The second kappa shape index (κ2) is 13.5. The first-order chi connectivity index (χ1) is 18.6. The predicted molar refractivity (Wildman–Crippen MR) is 186 cm³/mol. The van der Waals surface area contributed by atoms with E-state index < -0.39 is 20.2 Å². The maximum Gasteiger partial charge on any atom is 0.110 e. The van der Waals surface area contributed by atoms with Gasteiger partial charge in [-0.25, -0.2) is 0 Å². The highest BCUT2D eigenvalue weighted by atomic mass is 35.5. The normalized spacial score (nSPS) is 27.8. The maximum atomic E-state index is 7.02. The number of allylic oxidation sites excluding steroid dienone is 6. The molecule has 0 bridgehead atoms. The molecule has 0 saturated carbocycles. The van der Waals surface area contributed by atoms with Crippen molar-refractivity contribution in [2.75, 3.05) is 0 Å². The molecule has 0 N–H and O–H groups in total. The minimum atomic E-state index is -1.44. The van der Waals surface area contributed by atoms with Gasteiger partial charge in [0.15, 0.2) is 0 Å². The smallest absolute Gasteiger partial charge is 0.110 e. The van der Waals surface area contributed by atoms with E-state index in [1.54, 1.807) is 36.4 Å². The van der Waals surface area contributed by atoms with Gasteiger partial charge in [0.25, 0.3) is 0 Å². The first kappa shape index (κ1) is 35.0. The van der Waals surface area contributed by atoms with Crippen molar-refractivity contribution in [2.45, 2.75) is 20.2 Å². The highest BCUT2D eigenvalue weighted by Crippen LogP contribution is 2.69. The van der Waals surface area contributed by atoms with Crippen LogP contribution in [-0.2, 0) is 9.49 Å². The minimum Gasteiger partial charge on any atom is -0.114 e. The van der Waals surface area contributed by atoms with Crippen LogP contribution in [0.25, 0.3) is 0 Å². The van der Waals surface area contributed by atoms with E-state index in [9.17, 15) is 0 Å². The van der Waals surface area contributed by atoms with Crippen molar-refractivity contribution in [2.24, 2.45) is 0 Å². The Morgan fingerprint density at radius 3 is 0.975 bits per heavy atom. The number of alkyl halides is 2. The van der Waals surface area contributed by atoms with Gasteiger partial charge in [-0.15, -0.1) is 23.2 Å². The first-order valence-corrected chi connectivity index (χ1v) is 18.0. The van der Waals surface area contributed by atoms with Gasteiger partial charge in [0.05, 0.1) is 51.0 Å². The average molecular weight is 857 g/mol. The van der Waals surface area contributed by atoms with Crippen LogP contribution in [0.1, 0.15) is 11.1 Å². The molecule has 40 heavy (non-hydrogen) atoms. The van der Waals surface area contributed by atoms with Crippen molar-refractivity contribution in [3.63, 3.8) is 0 Å². The van der Waals surface area contributed by atoms with Gasteiger partial charge >= 0.3 is 0 Å². The third-order valence-electron chi connectivity index (χ3n) is 5.89. The Morgan fingerprint density at radius 2 is 0.700 bits per heavy atom. The molecule has 4 unspecified atom stereocenters. The molecule has 4 rings (SSSR count). The molecule has 2 aromatic rings. The molecular formula is C24H8Cl14S2. The van der Waals surface area contributed by atoms with Gasteiger partial charge in [-0.2, -0.15) is 0 Å². The molecule has 0 spiro atoms. The lowest BCUT2D eigenvalue weighted by Crippen LogP contribution is -2.40. The fourth-order valence-corrected chi connectivity index (χ4v) is 13.4. The molecule has 214 valence electrons. The topological polar surface area (TPSA) is 0 Å². The van der Waals surface area contributed by atoms with Crippen LogP contribution in [0.15, 0.2) is 76.7 Å². The molecule has 0 amide bonds. The number of halogens is 14. The molecule has 16 heteroatoms. The second-order valence-electron chi connectivity index (χ2n) is 8.26. The second-order valence-corrected chi connectivity index (χ2v) is 16.6. The first-order valence-electron chi connectivity index (χ1n) is 10.4. The third-order valence-corrected chi connectivity index (χ3v) is 16.3. The Balaban J connectivity index is 2.02. The molecule has 0 saturated heterocycles. The molecule has 2 aromatic carbocycles. The van der Waals surface area contributed by atoms with Crippen molar-refractivity contribution in [3.05, 3.63) is 108 Å². The lowest BCUT2D eigenvalue weighted by molar-refractivity contribution is 0.754. The largest absolute Gasteiger partial charge is 0.114 e. The average Bonchev–Trinajstić information content (AvgIpc) is 2.89. The molecule has 0 aliphatic heterocycles. The van der Waals surface area contributed by atoms with Crippen molar-refractivity contribution in [1.82, 2.24) is 0 Å². The summed E-state index contributed by atoms with van der Waals surface area (Å²) < 4.78 is -2.89. The van der Waals surface area contributed by atoms with Crippen LogP contribution < -0.4 is 0 Å². The SMILES string of the molecule is ClC1=C(Cl)C(Cl)C(SSC2(c3cc(Cl)cc(Cl)c3)C(Cl)=C(Cl)C(Cl)=C(Cl)C2Cl)(c2cc(Cl)cc(Cl)c2)C(Cl)=C1Cl. The molecule has 2 aliphatic carbocycles. The monoisotopic (exact) mass is 850 g/mol. The van der Waals surface area contributed by atoms with E-state index in [-0.39, 0.29) is 40.3 Å². The van der Waals surface area contributed by atoms with E-state index in [0.29, 0.717) is 31.2 Å². The zero-order chi connectivity index (χ0) is 29.9. The molecule has 0 radical (unpaired) electrons. The van der Waals surface area contributed by atoms with Gasteiger partial charge in [-0.3, -0.25) is 0 Å². The van der Waals surface area contributed by atoms with Crippen molar-refractivity contribution >= 4 is 184 Å². The zero-order valence-electron chi connectivity index (χ0n) is 18.7. The Labute approximate surface area is 308 Å². The summed E-state index contributed by atoms with van der Waals surface area (Å²) in [4.78, 5) is 0. The van der Waals surface area contributed by atoms with E-state index >= 15 is 0 Å². The van der Waals surface area contributed by atoms with Crippen LogP contribution in [0.5, 0.6) is 0 Å². The molecular weight excluding hydrogens is 849 g/mol. The van der Waals surface area contributed by atoms with Crippen LogP contribution in [0.4, 0.5) is 0 Å². The maximum absolute atomic E-state index is 7.02. The number of hydrogen-bond acceptors (Lipinski definition) is 2. The van der Waals surface area contributed by atoms with E-state index in [1.807, 2.05) is 0 Å². The van der Waals surface area contributed by atoms with Gasteiger partial charge in [0.2, 0.25) is 0 Å². The van der Waals surface area contributed by atoms with Crippen molar-refractivity contribution in [3.8, 4) is 0 Å². The Kier molecular flexibility index (Phi) is 11.8. The quantitative estimate of drug-likeness (QED) is 0.217. The van der Waals surface area contributed by atoms with Gasteiger partial charge < -0.3 is 0 Å². The summed E-state index contributed by atoms with van der Waals surface area (Å²) in [6, 6.07) is 9.60. The summed E-state index contributed by atoms with van der Waals surface area (Å²) >= 11 is 92.7. The summed E-state index contributed by atoms with van der Waals surface area (Å²) in [6.07, 6.45) is 0. The van der Waals surface area contributed by atoms with Crippen molar-refractivity contribution < 1.29 is 0 Å². The van der Waals surface area contributed by atoms with E-state index in [2.05, 4.69) is 0 Å². The lowest BCUT2D eigenvalue weighted by atomic mass is 9.90. The predicted octanol–water partition coefficient (Wildman–Crippen LogP) is 14.8. The molecule has 0 nitrogen and oxygen atoms in total. The standard InChI is InChI=1S/C24H8Cl14S2/c25-9-1-7(2-10(26)5-9)23(19(35)15(31)13(29)16(32)20(23)36)39-40-24(8-3-11(27)6-12(28)4-8)21(37)17(33)14(30)18(34)22(24)38/h1-6,19,21H. The summed E-state index contributed by atoms with van der Waals surface area (Å²) in [5, 5.41) is -0.845. The number of benzene rings is 2. The molecule has 2 aliphatic rings. The van der Waals surface area contributed by atoms with E-state index in [0.717, 1.165) is 21.6 Å². The minimum absolute atomic E-state index is 0.00867. The highest BCUT2D eigenvalue weighted by Gasteiger charge is 2.56. The summed E-state index contributed by atoms with van der Waals surface area (Å²) in [7, 11) is 2.22. The zero-order valence-corrected chi connectivity index (χ0v) is 30.9. The molecule has 0 aromatic heterocycles. The van der Waals surface area contributed by atoms with Gasteiger partial charge in [-0.1, -0.05) is 161 Å². The Bertz CT molecular complexity index is 1380. The van der Waals surface area contributed by atoms with Crippen LogP contribution >= 0.6 is 184 Å². The van der Waals surface area contributed by atoms with Crippen LogP contribution in [-0.4, -0.2) is 10.8 Å². The Morgan fingerprint density at radius 1 is 0.425 bits per heavy atom. The van der Waals surface area contributed by atoms with Gasteiger partial charge in [-0.05, 0) is 47.5 Å². The van der Waals surface area contributed by atoms with Gasteiger partial charge in [0.1, 0.15) is 9.49 Å². The summed E-state index contributed by atoms with van der Waals surface area (Å²) in [5.74, 6) is 0. The molecule has 4 atom stereocenters. The number of rotatable bonds is 5. The summed E-state index contributed by atoms with van der Waals surface area (Å²) in [6.45, 7) is 0. The Hall–Kier alpha value is 2.16. The number of hydrogen-bond donors (Lipinski definition) is 0. The molecule has 0 fully saturated rings. The van der Waals surface area contributed by atoms with E-state index in [4.69, 9.17) is 162 Å². The highest BCUT2D eigenvalue weighted by molar-refractivity contribution is 8.77. The fourth-order valence-electron chi connectivity index (χ4n) is 4.00. The lowest BCUT2D eigenvalue weighted by Gasteiger charge is -2.45. The molecule has 0 heterocycles. The summed E-state index contributed by atoms with van der Waals surface area (Å²) in [5.41, 5.74) is 0.917. The van der Waals surface area contributed by atoms with Crippen LogP contribution in [0.3, 0.4) is 0 Å². The van der Waals surface area contributed by atoms with Crippen LogP contribution in [0, 0.1) is 0 Å². The fraction of sp³-hybridized carbons (Fsp3) is 0.167. The van der Waals surface area contributed by atoms with Gasteiger partial charge in [0, 0.05) is 20.1 Å². The third kappa shape index (κ3) is 6.02. The van der Waals surface area contributed by atoms with Crippen molar-refractivity contribution in [1.29, 1.82) is 0 Å². The van der Waals surface area contributed by atoms with Crippen LogP contribution in [0.2, 0.25) is 20.1 Å².